The SMILES string of the molecule is CC(C)(C)c1ccc(N=CCc2cccnc2)cc1. The molecule has 2 rings (SSSR count). The fourth-order valence-electron chi connectivity index (χ4n) is 1.82. The number of aliphatic imine (C=N–C) groups is 1. The highest BCUT2D eigenvalue weighted by Crippen LogP contribution is 2.24. The van der Waals surface area contributed by atoms with E-state index in [1.807, 2.05) is 18.5 Å². The van der Waals surface area contributed by atoms with Crippen molar-refractivity contribution in [2.45, 2.75) is 32.6 Å². The second-order valence-corrected chi connectivity index (χ2v) is 5.67. The van der Waals surface area contributed by atoms with Crippen molar-refractivity contribution in [3.05, 3.63) is 59.9 Å². The standard InChI is InChI=1S/C17H20N2/c1-17(2,3)15-6-8-16(9-7-15)19-12-10-14-5-4-11-18-13-14/h4-9,11-13H,10H2,1-3H3. The van der Waals surface area contributed by atoms with Crippen LogP contribution in [0, 0.1) is 0 Å². The van der Waals surface area contributed by atoms with E-state index in [1.165, 1.54) is 11.1 Å². The van der Waals surface area contributed by atoms with E-state index in [0.717, 1.165) is 12.1 Å². The van der Waals surface area contributed by atoms with Crippen LogP contribution in [0.4, 0.5) is 5.69 Å². The van der Waals surface area contributed by atoms with Gasteiger partial charge in [0.25, 0.3) is 0 Å². The number of hydrogen-bond donors (Lipinski definition) is 0. The minimum atomic E-state index is 0.192. The molecule has 0 N–H and O–H groups in total. The molecule has 0 radical (unpaired) electrons. The van der Waals surface area contributed by atoms with E-state index in [2.05, 4.69) is 61.1 Å². The number of aromatic nitrogens is 1. The topological polar surface area (TPSA) is 25.2 Å². The first-order valence-corrected chi connectivity index (χ1v) is 6.58. The first-order valence-electron chi connectivity index (χ1n) is 6.58. The van der Waals surface area contributed by atoms with Crippen molar-refractivity contribution in [3.63, 3.8) is 0 Å². The molecular formula is C17H20N2. The Labute approximate surface area is 115 Å². The minimum absolute atomic E-state index is 0.192. The highest BCUT2D eigenvalue weighted by Gasteiger charge is 2.12. The molecule has 1 heterocycles. The molecule has 0 fully saturated rings. The van der Waals surface area contributed by atoms with Crippen LogP contribution >= 0.6 is 0 Å². The third-order valence-electron chi connectivity index (χ3n) is 3.02. The second kappa shape index (κ2) is 5.79. The summed E-state index contributed by atoms with van der Waals surface area (Å²) in [6.45, 7) is 6.65. The molecule has 1 aromatic heterocycles. The fraction of sp³-hybridized carbons (Fsp3) is 0.294. The van der Waals surface area contributed by atoms with E-state index in [-0.39, 0.29) is 5.41 Å². The smallest absolute Gasteiger partial charge is 0.0626 e. The summed E-state index contributed by atoms with van der Waals surface area (Å²) in [6.07, 6.45) is 6.40. The van der Waals surface area contributed by atoms with Gasteiger partial charge < -0.3 is 0 Å². The van der Waals surface area contributed by atoms with Crippen LogP contribution in [0.2, 0.25) is 0 Å². The summed E-state index contributed by atoms with van der Waals surface area (Å²) in [7, 11) is 0. The maximum absolute atomic E-state index is 4.47. The van der Waals surface area contributed by atoms with Crippen molar-refractivity contribution in [3.8, 4) is 0 Å². The fourth-order valence-corrected chi connectivity index (χ4v) is 1.82. The van der Waals surface area contributed by atoms with Crippen LogP contribution in [0.25, 0.3) is 0 Å². The molecule has 2 aromatic rings. The van der Waals surface area contributed by atoms with Crippen molar-refractivity contribution >= 4 is 11.9 Å². The lowest BCUT2D eigenvalue weighted by molar-refractivity contribution is 0.590. The lowest BCUT2D eigenvalue weighted by Gasteiger charge is -2.18. The normalized spacial score (nSPS) is 11.9. The van der Waals surface area contributed by atoms with Gasteiger partial charge in [0.15, 0.2) is 0 Å². The lowest BCUT2D eigenvalue weighted by atomic mass is 9.87. The molecule has 0 aliphatic rings. The third-order valence-corrected chi connectivity index (χ3v) is 3.02. The van der Waals surface area contributed by atoms with Crippen LogP contribution in [0.1, 0.15) is 31.9 Å². The van der Waals surface area contributed by atoms with Gasteiger partial charge in [0.2, 0.25) is 0 Å². The molecule has 98 valence electrons. The highest BCUT2D eigenvalue weighted by atomic mass is 14.7. The Morgan fingerprint density at radius 3 is 2.42 bits per heavy atom. The molecule has 0 bridgehead atoms. The molecule has 0 aliphatic heterocycles. The molecule has 0 spiro atoms. The molecule has 0 atom stereocenters. The summed E-state index contributed by atoms with van der Waals surface area (Å²) < 4.78 is 0. The Bertz CT molecular complexity index is 534. The Hall–Kier alpha value is -1.96. The highest BCUT2D eigenvalue weighted by molar-refractivity contribution is 5.66. The van der Waals surface area contributed by atoms with Crippen LogP contribution in [0.3, 0.4) is 0 Å². The van der Waals surface area contributed by atoms with E-state index >= 15 is 0 Å². The van der Waals surface area contributed by atoms with Crippen molar-refractivity contribution in [2.75, 3.05) is 0 Å². The van der Waals surface area contributed by atoms with Gasteiger partial charge >= 0.3 is 0 Å². The minimum Gasteiger partial charge on any atom is -0.264 e. The summed E-state index contributed by atoms with van der Waals surface area (Å²) in [5.41, 5.74) is 3.70. The molecule has 19 heavy (non-hydrogen) atoms. The number of hydrogen-bond acceptors (Lipinski definition) is 2. The Kier molecular flexibility index (Phi) is 4.10. The van der Waals surface area contributed by atoms with E-state index in [1.54, 1.807) is 6.20 Å². The van der Waals surface area contributed by atoms with Gasteiger partial charge in [-0.2, -0.15) is 0 Å². The second-order valence-electron chi connectivity index (χ2n) is 5.67. The zero-order valence-corrected chi connectivity index (χ0v) is 11.8. The van der Waals surface area contributed by atoms with Gasteiger partial charge in [-0.1, -0.05) is 39.0 Å². The quantitative estimate of drug-likeness (QED) is 0.747. The molecule has 0 saturated carbocycles. The number of benzene rings is 1. The first-order chi connectivity index (χ1) is 9.05. The van der Waals surface area contributed by atoms with Crippen LogP contribution in [-0.4, -0.2) is 11.2 Å². The molecule has 2 heteroatoms. The monoisotopic (exact) mass is 252 g/mol. The van der Waals surface area contributed by atoms with Gasteiger partial charge in [-0.15, -0.1) is 0 Å². The number of nitrogens with zero attached hydrogens (tertiary/aromatic N) is 2. The lowest BCUT2D eigenvalue weighted by Crippen LogP contribution is -2.10. The summed E-state index contributed by atoms with van der Waals surface area (Å²) >= 11 is 0. The molecule has 0 saturated heterocycles. The predicted molar refractivity (Wildman–Crippen MR) is 81.2 cm³/mol. The zero-order chi connectivity index (χ0) is 13.7. The molecule has 2 nitrogen and oxygen atoms in total. The van der Waals surface area contributed by atoms with Crippen LogP contribution in [-0.2, 0) is 11.8 Å². The largest absolute Gasteiger partial charge is 0.264 e. The van der Waals surface area contributed by atoms with Crippen LogP contribution < -0.4 is 0 Å². The predicted octanol–water partition coefficient (Wildman–Crippen LogP) is 4.32. The molecule has 0 unspecified atom stereocenters. The third kappa shape index (κ3) is 4.02. The van der Waals surface area contributed by atoms with Gasteiger partial charge in [0.1, 0.15) is 0 Å². The van der Waals surface area contributed by atoms with Crippen molar-refractivity contribution in [1.29, 1.82) is 0 Å². The van der Waals surface area contributed by atoms with Gasteiger partial charge in [-0.3, -0.25) is 9.98 Å². The van der Waals surface area contributed by atoms with E-state index in [0.29, 0.717) is 0 Å². The maximum Gasteiger partial charge on any atom is 0.0626 e. The number of rotatable bonds is 3. The van der Waals surface area contributed by atoms with E-state index in [9.17, 15) is 0 Å². The Balaban J connectivity index is 2.00. The van der Waals surface area contributed by atoms with Crippen molar-refractivity contribution < 1.29 is 0 Å². The summed E-state index contributed by atoms with van der Waals surface area (Å²) in [6, 6.07) is 12.4. The molecule has 0 aliphatic carbocycles. The van der Waals surface area contributed by atoms with E-state index in [4.69, 9.17) is 0 Å². The van der Waals surface area contributed by atoms with Crippen LogP contribution in [0.15, 0.2) is 53.8 Å². The summed E-state index contributed by atoms with van der Waals surface area (Å²) in [5.74, 6) is 0. The maximum atomic E-state index is 4.47. The Morgan fingerprint density at radius 2 is 1.84 bits per heavy atom. The summed E-state index contributed by atoms with van der Waals surface area (Å²) in [4.78, 5) is 8.56. The Morgan fingerprint density at radius 1 is 1.11 bits per heavy atom. The van der Waals surface area contributed by atoms with Gasteiger partial charge in [0, 0.05) is 25.0 Å². The van der Waals surface area contributed by atoms with Gasteiger partial charge in [-0.05, 0) is 34.7 Å². The van der Waals surface area contributed by atoms with Gasteiger partial charge in [-0.25, -0.2) is 0 Å². The molecular weight excluding hydrogens is 232 g/mol. The molecule has 1 aromatic carbocycles. The first kappa shape index (κ1) is 13.5. The van der Waals surface area contributed by atoms with Crippen LogP contribution in [0.5, 0.6) is 0 Å². The van der Waals surface area contributed by atoms with E-state index < -0.39 is 0 Å². The molecule has 0 amide bonds. The zero-order valence-electron chi connectivity index (χ0n) is 11.8. The average Bonchev–Trinajstić information content (AvgIpc) is 2.39. The van der Waals surface area contributed by atoms with Crippen molar-refractivity contribution in [2.24, 2.45) is 4.99 Å². The van der Waals surface area contributed by atoms with Gasteiger partial charge in [0.05, 0.1) is 5.69 Å². The summed E-state index contributed by atoms with van der Waals surface area (Å²) in [5, 5.41) is 0. The van der Waals surface area contributed by atoms with Crippen molar-refractivity contribution in [1.82, 2.24) is 4.98 Å². The average molecular weight is 252 g/mol. The number of pyridine rings is 1.